The first kappa shape index (κ1) is 13.9. The van der Waals surface area contributed by atoms with Crippen molar-refractivity contribution in [3.63, 3.8) is 0 Å². The first-order valence-electron chi connectivity index (χ1n) is 6.43. The van der Waals surface area contributed by atoms with Gasteiger partial charge in [-0.25, -0.2) is 0 Å². The predicted octanol–water partition coefficient (Wildman–Crippen LogP) is 2.31. The topological polar surface area (TPSA) is 72.4 Å². The van der Waals surface area contributed by atoms with Crippen molar-refractivity contribution < 1.29 is 4.79 Å². The van der Waals surface area contributed by atoms with Crippen molar-refractivity contribution in [3.8, 4) is 0 Å². The number of nitrogens with two attached hydrogens (primary N) is 2. The molecule has 4 nitrogen and oxygen atoms in total. The normalized spacial score (nSPS) is 10.3. The Kier molecular flexibility index (Phi) is 3.94. The van der Waals surface area contributed by atoms with Gasteiger partial charge in [0.25, 0.3) is 0 Å². The van der Waals surface area contributed by atoms with E-state index in [-0.39, 0.29) is 0 Å². The fourth-order valence-electron chi connectivity index (χ4n) is 2.14. The summed E-state index contributed by atoms with van der Waals surface area (Å²) in [5.41, 5.74) is 15.6. The zero-order valence-corrected chi connectivity index (χ0v) is 11.8. The molecule has 0 aliphatic carbocycles. The second kappa shape index (κ2) is 5.65. The highest BCUT2D eigenvalue weighted by molar-refractivity contribution is 5.93. The van der Waals surface area contributed by atoms with Gasteiger partial charge in [0.15, 0.2) is 0 Å². The Labute approximate surface area is 119 Å². The molecular weight excluding hydrogens is 250 g/mol. The van der Waals surface area contributed by atoms with Crippen LogP contribution < -0.4 is 16.4 Å². The van der Waals surface area contributed by atoms with Crippen molar-refractivity contribution in [2.75, 3.05) is 17.7 Å². The Balaban J connectivity index is 2.19. The fraction of sp³-hybridized carbons (Fsp3) is 0.188. The van der Waals surface area contributed by atoms with E-state index in [1.807, 2.05) is 50.4 Å². The van der Waals surface area contributed by atoms with Gasteiger partial charge in [-0.3, -0.25) is 4.79 Å². The Morgan fingerprint density at radius 2 is 1.95 bits per heavy atom. The van der Waals surface area contributed by atoms with Crippen LogP contribution in [0.5, 0.6) is 0 Å². The summed E-state index contributed by atoms with van der Waals surface area (Å²) >= 11 is 0. The summed E-state index contributed by atoms with van der Waals surface area (Å²) in [6.45, 7) is 2.73. The first-order chi connectivity index (χ1) is 9.47. The molecule has 0 unspecified atom stereocenters. The summed E-state index contributed by atoms with van der Waals surface area (Å²) < 4.78 is 0. The number of primary amides is 1. The number of hydrogen-bond donors (Lipinski definition) is 2. The minimum atomic E-state index is -0.399. The van der Waals surface area contributed by atoms with Crippen molar-refractivity contribution in [2.45, 2.75) is 13.5 Å². The number of carbonyl (C=O) groups excluding carboxylic acids is 1. The van der Waals surface area contributed by atoms with Crippen LogP contribution >= 0.6 is 0 Å². The number of aryl methyl sites for hydroxylation is 1. The Morgan fingerprint density at radius 3 is 2.55 bits per heavy atom. The highest BCUT2D eigenvalue weighted by atomic mass is 16.1. The second-order valence-electron chi connectivity index (χ2n) is 4.96. The zero-order chi connectivity index (χ0) is 14.7. The molecule has 2 rings (SSSR count). The van der Waals surface area contributed by atoms with Gasteiger partial charge in [-0.2, -0.15) is 0 Å². The largest absolute Gasteiger partial charge is 0.399 e. The number of benzene rings is 2. The molecule has 0 aliphatic heterocycles. The molecule has 0 radical (unpaired) electrons. The molecule has 104 valence electrons. The molecule has 4 N–H and O–H groups in total. The molecule has 2 aromatic rings. The van der Waals surface area contributed by atoms with E-state index in [0.717, 1.165) is 29.0 Å². The molecule has 1 amide bonds. The van der Waals surface area contributed by atoms with E-state index >= 15 is 0 Å². The standard InChI is InChI=1S/C16H19N3O/c1-11-8-12(16(18)20)6-7-13(11)10-19(2)15-5-3-4-14(17)9-15/h3-9H,10,17H2,1-2H3,(H2,18,20). The molecular formula is C16H19N3O. The van der Waals surface area contributed by atoms with Crippen molar-refractivity contribution in [3.05, 3.63) is 59.2 Å². The van der Waals surface area contributed by atoms with Crippen molar-refractivity contribution in [1.82, 2.24) is 0 Å². The maximum absolute atomic E-state index is 11.1. The van der Waals surface area contributed by atoms with E-state index in [0.29, 0.717) is 5.56 Å². The first-order valence-corrected chi connectivity index (χ1v) is 6.43. The second-order valence-corrected chi connectivity index (χ2v) is 4.96. The van der Waals surface area contributed by atoms with Gasteiger partial charge >= 0.3 is 0 Å². The van der Waals surface area contributed by atoms with Crippen molar-refractivity contribution in [2.24, 2.45) is 5.73 Å². The van der Waals surface area contributed by atoms with E-state index < -0.39 is 5.91 Å². The summed E-state index contributed by atoms with van der Waals surface area (Å²) in [6, 6.07) is 13.3. The number of nitrogen functional groups attached to an aromatic ring is 1. The van der Waals surface area contributed by atoms with Gasteiger partial charge in [0.05, 0.1) is 0 Å². The lowest BCUT2D eigenvalue weighted by Gasteiger charge is -2.21. The number of hydrogen-bond acceptors (Lipinski definition) is 3. The van der Waals surface area contributed by atoms with Crippen LogP contribution in [0.2, 0.25) is 0 Å². The molecule has 20 heavy (non-hydrogen) atoms. The van der Waals surface area contributed by atoms with E-state index in [1.165, 1.54) is 0 Å². The summed E-state index contributed by atoms with van der Waals surface area (Å²) in [5.74, 6) is -0.399. The van der Waals surface area contributed by atoms with Gasteiger partial charge in [-0.15, -0.1) is 0 Å². The van der Waals surface area contributed by atoms with E-state index in [2.05, 4.69) is 4.90 Å². The quantitative estimate of drug-likeness (QED) is 0.837. The van der Waals surface area contributed by atoms with Crippen molar-refractivity contribution >= 4 is 17.3 Å². The van der Waals surface area contributed by atoms with E-state index in [1.54, 1.807) is 6.07 Å². The zero-order valence-electron chi connectivity index (χ0n) is 11.8. The van der Waals surface area contributed by atoms with Crippen LogP contribution in [0.1, 0.15) is 21.5 Å². The van der Waals surface area contributed by atoms with Crippen LogP contribution in [0.15, 0.2) is 42.5 Å². The molecule has 0 saturated carbocycles. The molecule has 0 heterocycles. The molecule has 2 aromatic carbocycles. The van der Waals surface area contributed by atoms with E-state index in [4.69, 9.17) is 11.5 Å². The van der Waals surface area contributed by atoms with Crippen LogP contribution in [0.4, 0.5) is 11.4 Å². The minimum Gasteiger partial charge on any atom is -0.399 e. The number of amides is 1. The van der Waals surface area contributed by atoms with Gasteiger partial charge in [0.2, 0.25) is 5.91 Å². The van der Waals surface area contributed by atoms with Crippen LogP contribution in [0.3, 0.4) is 0 Å². The third-order valence-electron chi connectivity index (χ3n) is 3.35. The number of anilines is 2. The lowest BCUT2D eigenvalue weighted by atomic mass is 10.0. The summed E-state index contributed by atoms with van der Waals surface area (Å²) in [7, 11) is 2.01. The van der Waals surface area contributed by atoms with Crippen LogP contribution in [0.25, 0.3) is 0 Å². The summed E-state index contributed by atoms with van der Waals surface area (Å²) in [5, 5.41) is 0. The van der Waals surface area contributed by atoms with E-state index in [9.17, 15) is 4.79 Å². The van der Waals surface area contributed by atoms with Gasteiger partial charge in [0, 0.05) is 30.5 Å². The van der Waals surface area contributed by atoms with Crippen LogP contribution in [-0.4, -0.2) is 13.0 Å². The highest BCUT2D eigenvalue weighted by Gasteiger charge is 2.07. The molecule has 0 atom stereocenters. The smallest absolute Gasteiger partial charge is 0.248 e. The Morgan fingerprint density at radius 1 is 1.20 bits per heavy atom. The van der Waals surface area contributed by atoms with Gasteiger partial charge in [-0.05, 0) is 48.4 Å². The third-order valence-corrected chi connectivity index (χ3v) is 3.35. The summed E-state index contributed by atoms with van der Waals surface area (Å²) in [4.78, 5) is 13.3. The van der Waals surface area contributed by atoms with Gasteiger partial charge in [0.1, 0.15) is 0 Å². The minimum absolute atomic E-state index is 0.399. The lowest BCUT2D eigenvalue weighted by Crippen LogP contribution is -2.18. The number of carbonyl (C=O) groups is 1. The molecule has 0 aliphatic rings. The maximum Gasteiger partial charge on any atom is 0.248 e. The van der Waals surface area contributed by atoms with Gasteiger partial charge < -0.3 is 16.4 Å². The highest BCUT2D eigenvalue weighted by Crippen LogP contribution is 2.20. The average molecular weight is 269 g/mol. The molecule has 0 aromatic heterocycles. The Bertz CT molecular complexity index is 637. The molecule has 0 saturated heterocycles. The van der Waals surface area contributed by atoms with Gasteiger partial charge in [-0.1, -0.05) is 12.1 Å². The fourth-order valence-corrected chi connectivity index (χ4v) is 2.14. The predicted molar refractivity (Wildman–Crippen MR) is 82.7 cm³/mol. The van der Waals surface area contributed by atoms with Crippen molar-refractivity contribution in [1.29, 1.82) is 0 Å². The van der Waals surface area contributed by atoms with Crippen LogP contribution in [0, 0.1) is 6.92 Å². The average Bonchev–Trinajstić information content (AvgIpc) is 2.40. The maximum atomic E-state index is 11.1. The molecule has 0 spiro atoms. The monoisotopic (exact) mass is 269 g/mol. The SMILES string of the molecule is Cc1cc(C(N)=O)ccc1CN(C)c1cccc(N)c1. The Hall–Kier alpha value is -2.49. The summed E-state index contributed by atoms with van der Waals surface area (Å²) in [6.07, 6.45) is 0. The molecule has 4 heteroatoms. The third kappa shape index (κ3) is 3.09. The molecule has 0 fully saturated rings. The number of rotatable bonds is 4. The molecule has 0 bridgehead atoms. The number of nitrogens with zero attached hydrogens (tertiary/aromatic N) is 1. The lowest BCUT2D eigenvalue weighted by molar-refractivity contribution is 0.1000. The van der Waals surface area contributed by atoms with Crippen LogP contribution in [-0.2, 0) is 6.54 Å².